The van der Waals surface area contributed by atoms with Gasteiger partial charge in [-0.15, -0.1) is 0 Å². The van der Waals surface area contributed by atoms with E-state index in [2.05, 4.69) is 0 Å². The number of halogens is 1. The zero-order valence-electron chi connectivity index (χ0n) is 12.1. The predicted octanol–water partition coefficient (Wildman–Crippen LogP) is 4.29. The van der Waals surface area contributed by atoms with Crippen LogP contribution in [0, 0.1) is 12.7 Å². The molecule has 0 saturated carbocycles. The summed E-state index contributed by atoms with van der Waals surface area (Å²) in [7, 11) is 0. The average Bonchev–Trinajstić information content (AvgIpc) is 2.43. The minimum Gasteiger partial charge on any atom is -0.486 e. The van der Waals surface area contributed by atoms with Crippen molar-refractivity contribution in [3.05, 3.63) is 65.0 Å². The van der Waals surface area contributed by atoms with Crippen LogP contribution in [0.3, 0.4) is 0 Å². The number of benzene rings is 2. The van der Waals surface area contributed by atoms with Crippen molar-refractivity contribution in [3.63, 3.8) is 0 Å². The minimum absolute atomic E-state index is 0.112. The molecule has 20 heavy (non-hydrogen) atoms. The number of ether oxygens (including phenoxy) is 1. The third kappa shape index (κ3) is 3.17. The van der Waals surface area contributed by atoms with Crippen LogP contribution in [0.2, 0.25) is 0 Å². The van der Waals surface area contributed by atoms with Crippen LogP contribution < -0.4 is 10.5 Å². The molecule has 2 aromatic rings. The van der Waals surface area contributed by atoms with Crippen LogP contribution in [-0.4, -0.2) is 0 Å². The van der Waals surface area contributed by atoms with Gasteiger partial charge < -0.3 is 10.5 Å². The topological polar surface area (TPSA) is 35.2 Å². The molecule has 0 amide bonds. The molecule has 0 bridgehead atoms. The molecule has 0 radical (unpaired) electrons. The number of aryl methyl sites for hydroxylation is 1. The second-order valence-corrected chi connectivity index (χ2v) is 5.10. The first-order chi connectivity index (χ1) is 9.49. The highest BCUT2D eigenvalue weighted by molar-refractivity contribution is 5.40. The fraction of sp³-hybridized carbons (Fsp3) is 0.294. The molecule has 0 spiro atoms. The van der Waals surface area contributed by atoms with Gasteiger partial charge in [-0.25, -0.2) is 4.39 Å². The lowest BCUT2D eigenvalue weighted by Gasteiger charge is -2.20. The Morgan fingerprint density at radius 1 is 1.10 bits per heavy atom. The lowest BCUT2D eigenvalue weighted by atomic mass is 10.0. The van der Waals surface area contributed by atoms with Gasteiger partial charge in [0.15, 0.2) is 0 Å². The van der Waals surface area contributed by atoms with Gasteiger partial charge in [0, 0.05) is 11.6 Å². The maximum Gasteiger partial charge on any atom is 0.126 e. The molecule has 2 atom stereocenters. The molecule has 0 fully saturated rings. The molecule has 0 saturated heterocycles. The van der Waals surface area contributed by atoms with Crippen LogP contribution in [0.5, 0.6) is 5.75 Å². The van der Waals surface area contributed by atoms with E-state index in [4.69, 9.17) is 10.5 Å². The summed E-state index contributed by atoms with van der Waals surface area (Å²) in [6.45, 7) is 5.52. The molecule has 0 aliphatic carbocycles. The summed E-state index contributed by atoms with van der Waals surface area (Å²) in [5.41, 5.74) is 8.23. The highest BCUT2D eigenvalue weighted by Gasteiger charge is 2.15. The zero-order chi connectivity index (χ0) is 14.7. The van der Waals surface area contributed by atoms with Crippen LogP contribution in [0.15, 0.2) is 42.5 Å². The van der Waals surface area contributed by atoms with E-state index in [1.807, 2.05) is 44.2 Å². The standard InChI is InChI=1S/C17H20FNO/c1-11-9-17(15(12(2)19)10-16(11)18)20-13(3)14-7-5-4-6-8-14/h4-10,12-13H,19H2,1-3H3/t12-,13?/m0/s1. The molecule has 2 nitrogen and oxygen atoms in total. The Kier molecular flexibility index (Phi) is 4.40. The van der Waals surface area contributed by atoms with Crippen LogP contribution in [0.25, 0.3) is 0 Å². The number of rotatable bonds is 4. The third-order valence-corrected chi connectivity index (χ3v) is 3.35. The van der Waals surface area contributed by atoms with E-state index in [-0.39, 0.29) is 18.0 Å². The van der Waals surface area contributed by atoms with Gasteiger partial charge in [-0.3, -0.25) is 0 Å². The molecule has 0 heterocycles. The number of hydrogen-bond donors (Lipinski definition) is 1. The van der Waals surface area contributed by atoms with Crippen molar-refractivity contribution in [1.82, 2.24) is 0 Å². The van der Waals surface area contributed by atoms with E-state index < -0.39 is 0 Å². The first-order valence-corrected chi connectivity index (χ1v) is 6.76. The fourth-order valence-electron chi connectivity index (χ4n) is 2.11. The minimum atomic E-state index is -0.275. The van der Waals surface area contributed by atoms with E-state index in [1.54, 1.807) is 13.0 Å². The van der Waals surface area contributed by atoms with Gasteiger partial charge in [0.2, 0.25) is 0 Å². The Bertz CT molecular complexity index is 581. The van der Waals surface area contributed by atoms with Crippen molar-refractivity contribution in [2.24, 2.45) is 5.73 Å². The summed E-state index contributed by atoms with van der Waals surface area (Å²) in [6, 6.07) is 12.8. The summed E-state index contributed by atoms with van der Waals surface area (Å²) in [4.78, 5) is 0. The van der Waals surface area contributed by atoms with E-state index in [0.717, 1.165) is 5.56 Å². The number of hydrogen-bond acceptors (Lipinski definition) is 2. The molecule has 0 aliphatic rings. The van der Waals surface area contributed by atoms with Crippen LogP contribution in [-0.2, 0) is 0 Å². The van der Waals surface area contributed by atoms with Crippen LogP contribution in [0.1, 0.15) is 42.7 Å². The van der Waals surface area contributed by atoms with Gasteiger partial charge in [0.25, 0.3) is 0 Å². The van der Waals surface area contributed by atoms with Crippen LogP contribution in [0.4, 0.5) is 4.39 Å². The third-order valence-electron chi connectivity index (χ3n) is 3.35. The smallest absolute Gasteiger partial charge is 0.126 e. The molecule has 2 rings (SSSR count). The summed E-state index contributed by atoms with van der Waals surface area (Å²) < 4.78 is 19.7. The van der Waals surface area contributed by atoms with Crippen molar-refractivity contribution < 1.29 is 9.13 Å². The second-order valence-electron chi connectivity index (χ2n) is 5.10. The van der Waals surface area contributed by atoms with Gasteiger partial charge in [-0.1, -0.05) is 30.3 Å². The first kappa shape index (κ1) is 14.5. The zero-order valence-corrected chi connectivity index (χ0v) is 12.1. The first-order valence-electron chi connectivity index (χ1n) is 6.76. The molecule has 2 N–H and O–H groups in total. The fourth-order valence-corrected chi connectivity index (χ4v) is 2.11. The van der Waals surface area contributed by atoms with Gasteiger partial charge >= 0.3 is 0 Å². The molecular weight excluding hydrogens is 253 g/mol. The highest BCUT2D eigenvalue weighted by Crippen LogP contribution is 2.30. The normalized spacial score (nSPS) is 13.8. The quantitative estimate of drug-likeness (QED) is 0.901. The molecule has 2 aromatic carbocycles. The maximum absolute atomic E-state index is 13.7. The molecular formula is C17H20FNO. The Hall–Kier alpha value is -1.87. The van der Waals surface area contributed by atoms with Gasteiger partial charge in [0.1, 0.15) is 17.7 Å². The second kappa shape index (κ2) is 6.06. The molecule has 0 aliphatic heterocycles. The van der Waals surface area contributed by atoms with Gasteiger partial charge in [0.05, 0.1) is 0 Å². The summed E-state index contributed by atoms with van der Waals surface area (Å²) in [6.07, 6.45) is -0.112. The lowest BCUT2D eigenvalue weighted by molar-refractivity contribution is 0.223. The summed E-state index contributed by atoms with van der Waals surface area (Å²) >= 11 is 0. The van der Waals surface area contributed by atoms with Crippen molar-refractivity contribution in [2.45, 2.75) is 32.9 Å². The highest BCUT2D eigenvalue weighted by atomic mass is 19.1. The van der Waals surface area contributed by atoms with Crippen LogP contribution >= 0.6 is 0 Å². The largest absolute Gasteiger partial charge is 0.486 e. The Labute approximate surface area is 119 Å². The van der Waals surface area contributed by atoms with E-state index in [9.17, 15) is 4.39 Å². The van der Waals surface area contributed by atoms with E-state index >= 15 is 0 Å². The van der Waals surface area contributed by atoms with E-state index in [1.165, 1.54) is 6.07 Å². The molecule has 3 heteroatoms. The Morgan fingerprint density at radius 3 is 2.35 bits per heavy atom. The van der Waals surface area contributed by atoms with Gasteiger partial charge in [-0.05, 0) is 44.0 Å². The predicted molar refractivity (Wildman–Crippen MR) is 79.2 cm³/mol. The van der Waals surface area contributed by atoms with Crippen molar-refractivity contribution in [1.29, 1.82) is 0 Å². The number of nitrogens with two attached hydrogens (primary N) is 1. The monoisotopic (exact) mass is 273 g/mol. The maximum atomic E-state index is 13.7. The van der Waals surface area contributed by atoms with Crippen molar-refractivity contribution in [3.8, 4) is 5.75 Å². The van der Waals surface area contributed by atoms with Gasteiger partial charge in [-0.2, -0.15) is 0 Å². The van der Waals surface area contributed by atoms with Crippen molar-refractivity contribution >= 4 is 0 Å². The summed E-state index contributed by atoms with van der Waals surface area (Å²) in [5.74, 6) is 0.396. The molecule has 106 valence electrons. The molecule has 0 aromatic heterocycles. The Balaban J connectivity index is 2.31. The summed E-state index contributed by atoms with van der Waals surface area (Å²) in [5, 5.41) is 0. The van der Waals surface area contributed by atoms with Crippen molar-refractivity contribution in [2.75, 3.05) is 0 Å². The molecule has 1 unspecified atom stereocenters. The average molecular weight is 273 g/mol. The Morgan fingerprint density at radius 2 is 1.75 bits per heavy atom. The SMILES string of the molecule is Cc1cc(OC(C)c2ccccc2)c([C@H](C)N)cc1F. The lowest BCUT2D eigenvalue weighted by Crippen LogP contribution is -2.11. The van der Waals surface area contributed by atoms with E-state index in [0.29, 0.717) is 16.9 Å².